The molecule has 1 aliphatic rings. The summed E-state index contributed by atoms with van der Waals surface area (Å²) in [6, 6.07) is 9.10. The Kier molecular flexibility index (Phi) is 5.06. The molecule has 26 heavy (non-hydrogen) atoms. The van der Waals surface area contributed by atoms with E-state index < -0.39 is 0 Å². The molecular weight excluding hydrogens is 332 g/mol. The normalized spacial score (nSPS) is 16.9. The van der Waals surface area contributed by atoms with Crippen LogP contribution in [0, 0.1) is 6.92 Å². The molecule has 2 aromatic rings. The van der Waals surface area contributed by atoms with Gasteiger partial charge >= 0.3 is 6.03 Å². The van der Waals surface area contributed by atoms with Crippen LogP contribution in [0.25, 0.3) is 10.9 Å². The SMILES string of the molecule is CC1=C(C(=O)NCCOc2cccc3ccc(C)nc23)C(C)NC(=O)N1. The number of ether oxygens (including phenoxy) is 1. The first-order chi connectivity index (χ1) is 12.5. The summed E-state index contributed by atoms with van der Waals surface area (Å²) in [5.74, 6) is 0.466. The fourth-order valence-corrected chi connectivity index (χ4v) is 2.99. The Bertz CT molecular complexity index is 891. The fraction of sp³-hybridized carbons (Fsp3) is 0.316. The van der Waals surface area contributed by atoms with Crippen LogP contribution in [0.2, 0.25) is 0 Å². The van der Waals surface area contributed by atoms with Gasteiger partial charge in [0, 0.05) is 16.8 Å². The molecule has 0 spiro atoms. The third kappa shape index (κ3) is 3.77. The highest BCUT2D eigenvalue weighted by atomic mass is 16.5. The molecule has 3 N–H and O–H groups in total. The van der Waals surface area contributed by atoms with Crippen molar-refractivity contribution in [2.24, 2.45) is 0 Å². The van der Waals surface area contributed by atoms with E-state index in [0.717, 1.165) is 16.6 Å². The van der Waals surface area contributed by atoms with Crippen molar-refractivity contribution in [1.29, 1.82) is 0 Å². The highest BCUT2D eigenvalue weighted by Crippen LogP contribution is 2.23. The molecule has 0 aliphatic carbocycles. The van der Waals surface area contributed by atoms with E-state index >= 15 is 0 Å². The zero-order valence-corrected chi connectivity index (χ0v) is 15.1. The molecule has 0 saturated heterocycles. The van der Waals surface area contributed by atoms with Crippen LogP contribution in [-0.2, 0) is 4.79 Å². The van der Waals surface area contributed by atoms with E-state index in [9.17, 15) is 9.59 Å². The van der Waals surface area contributed by atoms with Gasteiger partial charge in [-0.25, -0.2) is 9.78 Å². The second-order valence-corrected chi connectivity index (χ2v) is 6.24. The van der Waals surface area contributed by atoms with Crippen LogP contribution < -0.4 is 20.7 Å². The zero-order chi connectivity index (χ0) is 18.7. The lowest BCUT2D eigenvalue weighted by atomic mass is 10.0. The van der Waals surface area contributed by atoms with Gasteiger partial charge in [-0.05, 0) is 32.9 Å². The number of aromatic nitrogens is 1. The molecule has 1 atom stereocenters. The van der Waals surface area contributed by atoms with Gasteiger partial charge in [0.2, 0.25) is 0 Å². The summed E-state index contributed by atoms with van der Waals surface area (Å²) in [6.45, 7) is 6.09. The minimum absolute atomic E-state index is 0.224. The molecule has 0 saturated carbocycles. The Labute approximate surface area is 151 Å². The smallest absolute Gasteiger partial charge is 0.319 e. The molecule has 136 valence electrons. The first-order valence-corrected chi connectivity index (χ1v) is 8.51. The molecular formula is C19H22N4O3. The van der Waals surface area contributed by atoms with Crippen LogP contribution in [-0.4, -0.2) is 36.1 Å². The number of amides is 3. The summed E-state index contributed by atoms with van der Waals surface area (Å²) < 4.78 is 5.80. The number of urea groups is 1. The summed E-state index contributed by atoms with van der Waals surface area (Å²) in [5.41, 5.74) is 2.82. The van der Waals surface area contributed by atoms with Crippen molar-refractivity contribution in [1.82, 2.24) is 20.9 Å². The number of benzene rings is 1. The Morgan fingerprint density at radius 2 is 2.08 bits per heavy atom. The van der Waals surface area contributed by atoms with Crippen molar-refractivity contribution in [2.75, 3.05) is 13.2 Å². The number of rotatable bonds is 5. The molecule has 0 radical (unpaired) electrons. The Morgan fingerprint density at radius 1 is 1.27 bits per heavy atom. The predicted octanol–water partition coefficient (Wildman–Crippen LogP) is 2.01. The third-order valence-electron chi connectivity index (χ3n) is 4.20. The van der Waals surface area contributed by atoms with E-state index in [1.807, 2.05) is 37.3 Å². The number of nitrogens with one attached hydrogen (secondary N) is 3. The van der Waals surface area contributed by atoms with Gasteiger partial charge in [-0.15, -0.1) is 0 Å². The largest absolute Gasteiger partial charge is 0.489 e. The summed E-state index contributed by atoms with van der Waals surface area (Å²) in [4.78, 5) is 28.3. The first kappa shape index (κ1) is 17.7. The quantitative estimate of drug-likeness (QED) is 0.716. The number of aryl methyl sites for hydroxylation is 1. The summed E-state index contributed by atoms with van der Waals surface area (Å²) in [5, 5.41) is 9.12. The highest BCUT2D eigenvalue weighted by Gasteiger charge is 2.26. The molecule has 1 aromatic heterocycles. The lowest BCUT2D eigenvalue weighted by Crippen LogP contribution is -2.50. The Hall–Kier alpha value is -3.09. The maximum atomic E-state index is 12.4. The second kappa shape index (κ2) is 7.43. The molecule has 1 aliphatic heterocycles. The van der Waals surface area contributed by atoms with Gasteiger partial charge in [0.25, 0.3) is 5.91 Å². The summed E-state index contributed by atoms with van der Waals surface area (Å²) >= 11 is 0. The van der Waals surface area contributed by atoms with Gasteiger partial charge in [-0.2, -0.15) is 0 Å². The third-order valence-corrected chi connectivity index (χ3v) is 4.20. The van der Waals surface area contributed by atoms with Crippen LogP contribution in [0.3, 0.4) is 0 Å². The van der Waals surface area contributed by atoms with Crippen LogP contribution in [0.5, 0.6) is 5.75 Å². The maximum Gasteiger partial charge on any atom is 0.319 e. The minimum Gasteiger partial charge on any atom is -0.489 e. The number of hydrogen-bond acceptors (Lipinski definition) is 4. The molecule has 2 heterocycles. The van der Waals surface area contributed by atoms with Crippen molar-refractivity contribution in [3.05, 3.63) is 47.3 Å². The predicted molar refractivity (Wildman–Crippen MR) is 98.8 cm³/mol. The van der Waals surface area contributed by atoms with Gasteiger partial charge in [0.1, 0.15) is 17.9 Å². The van der Waals surface area contributed by atoms with Crippen LogP contribution in [0.1, 0.15) is 19.5 Å². The van der Waals surface area contributed by atoms with E-state index in [1.165, 1.54) is 0 Å². The number of allylic oxidation sites excluding steroid dienone is 1. The molecule has 1 aromatic carbocycles. The van der Waals surface area contributed by atoms with Gasteiger partial charge in [0.05, 0.1) is 18.2 Å². The average molecular weight is 354 g/mol. The molecule has 3 rings (SSSR count). The number of carbonyl (C=O) groups is 2. The number of hydrogen-bond donors (Lipinski definition) is 3. The highest BCUT2D eigenvalue weighted by molar-refractivity contribution is 5.98. The van der Waals surface area contributed by atoms with Crippen molar-refractivity contribution in [3.63, 3.8) is 0 Å². The lowest BCUT2D eigenvalue weighted by molar-refractivity contribution is -0.118. The molecule has 7 nitrogen and oxygen atoms in total. The minimum atomic E-state index is -0.338. The Morgan fingerprint density at radius 3 is 2.85 bits per heavy atom. The molecule has 3 amide bonds. The molecule has 0 bridgehead atoms. The van der Waals surface area contributed by atoms with Gasteiger partial charge in [-0.3, -0.25) is 4.79 Å². The van der Waals surface area contributed by atoms with Crippen LogP contribution >= 0.6 is 0 Å². The van der Waals surface area contributed by atoms with Crippen LogP contribution in [0.4, 0.5) is 4.79 Å². The van der Waals surface area contributed by atoms with E-state index in [-0.39, 0.29) is 18.0 Å². The summed E-state index contributed by atoms with van der Waals surface area (Å²) in [6.07, 6.45) is 0. The topological polar surface area (TPSA) is 92.3 Å². The van der Waals surface area contributed by atoms with Gasteiger partial charge in [0.15, 0.2) is 0 Å². The lowest BCUT2D eigenvalue weighted by Gasteiger charge is -2.25. The van der Waals surface area contributed by atoms with E-state index in [2.05, 4.69) is 20.9 Å². The number of para-hydroxylation sites is 1. The number of nitrogens with zero attached hydrogens (tertiary/aromatic N) is 1. The second-order valence-electron chi connectivity index (χ2n) is 6.24. The van der Waals surface area contributed by atoms with Crippen molar-refractivity contribution in [2.45, 2.75) is 26.8 Å². The van der Waals surface area contributed by atoms with E-state index in [1.54, 1.807) is 13.8 Å². The zero-order valence-electron chi connectivity index (χ0n) is 15.1. The molecule has 7 heteroatoms. The number of pyridine rings is 1. The fourth-order valence-electron chi connectivity index (χ4n) is 2.99. The maximum absolute atomic E-state index is 12.4. The van der Waals surface area contributed by atoms with Crippen LogP contribution in [0.15, 0.2) is 41.6 Å². The standard InChI is InChI=1S/C19H22N4O3/c1-11-7-8-14-5-4-6-15(17(14)21-11)26-10-9-20-18(24)16-12(2)22-19(25)23-13(16)3/h4-8,12H,9-10H2,1-3H3,(H,20,24)(H2,22,23,25). The van der Waals surface area contributed by atoms with E-state index in [0.29, 0.717) is 30.2 Å². The first-order valence-electron chi connectivity index (χ1n) is 8.51. The van der Waals surface area contributed by atoms with Crippen molar-refractivity contribution in [3.8, 4) is 5.75 Å². The number of fused-ring (bicyclic) bond motifs is 1. The van der Waals surface area contributed by atoms with E-state index in [4.69, 9.17) is 4.74 Å². The van der Waals surface area contributed by atoms with Crippen molar-refractivity contribution < 1.29 is 14.3 Å². The van der Waals surface area contributed by atoms with Gasteiger partial charge in [-0.1, -0.05) is 18.2 Å². The number of carbonyl (C=O) groups excluding carboxylic acids is 2. The molecule has 1 unspecified atom stereocenters. The monoisotopic (exact) mass is 354 g/mol. The average Bonchev–Trinajstić information content (AvgIpc) is 2.58. The molecule has 0 fully saturated rings. The Balaban J connectivity index is 1.59. The van der Waals surface area contributed by atoms with Crippen molar-refractivity contribution >= 4 is 22.8 Å². The summed E-state index contributed by atoms with van der Waals surface area (Å²) in [7, 11) is 0. The van der Waals surface area contributed by atoms with Gasteiger partial charge < -0.3 is 20.7 Å².